The fourth-order valence-electron chi connectivity index (χ4n) is 3.19. The summed E-state index contributed by atoms with van der Waals surface area (Å²) in [7, 11) is 1.68. The Morgan fingerprint density at radius 3 is 2.67 bits per heavy atom. The Morgan fingerprint density at radius 2 is 1.92 bits per heavy atom. The number of piperidine rings is 1. The van der Waals surface area contributed by atoms with Crippen molar-refractivity contribution in [1.29, 1.82) is 0 Å². The lowest BCUT2D eigenvalue weighted by molar-refractivity contribution is 0.225. The molecule has 0 radical (unpaired) electrons. The Balaban J connectivity index is 1.39. The third-order valence-electron chi connectivity index (χ3n) is 4.63. The van der Waals surface area contributed by atoms with Crippen LogP contribution in [0.1, 0.15) is 32.1 Å². The SMILES string of the molecule is COc1ccc(-c2cc(NCCCCN3CCCCC3)n[nH]2)cc1. The highest BCUT2D eigenvalue weighted by atomic mass is 16.5. The number of benzene rings is 1. The van der Waals surface area contributed by atoms with Gasteiger partial charge in [0.15, 0.2) is 0 Å². The van der Waals surface area contributed by atoms with Crippen LogP contribution in [0, 0.1) is 0 Å². The van der Waals surface area contributed by atoms with Crippen molar-refractivity contribution in [3.05, 3.63) is 30.3 Å². The number of rotatable bonds is 8. The summed E-state index contributed by atoms with van der Waals surface area (Å²) in [5.74, 6) is 1.78. The maximum atomic E-state index is 5.19. The van der Waals surface area contributed by atoms with Crippen molar-refractivity contribution < 1.29 is 4.74 Å². The number of nitrogens with one attached hydrogen (secondary N) is 2. The molecule has 0 bridgehead atoms. The van der Waals surface area contributed by atoms with E-state index in [1.54, 1.807) is 7.11 Å². The van der Waals surface area contributed by atoms with Crippen LogP contribution in [0.2, 0.25) is 0 Å². The van der Waals surface area contributed by atoms with E-state index in [0.717, 1.165) is 29.4 Å². The third-order valence-corrected chi connectivity index (χ3v) is 4.63. The minimum Gasteiger partial charge on any atom is -0.497 e. The standard InChI is InChI=1S/C19H28N4O/c1-24-17-9-7-16(8-10-17)18-15-19(22-21-18)20-11-3-6-14-23-12-4-2-5-13-23/h7-10,15H,2-6,11-14H2,1H3,(H2,20,21,22). The first kappa shape index (κ1) is 16.8. The zero-order valence-electron chi connectivity index (χ0n) is 14.6. The molecule has 1 aliphatic heterocycles. The number of hydrogen-bond acceptors (Lipinski definition) is 4. The lowest BCUT2D eigenvalue weighted by atomic mass is 10.1. The predicted molar refractivity (Wildman–Crippen MR) is 98.6 cm³/mol. The van der Waals surface area contributed by atoms with Gasteiger partial charge in [-0.25, -0.2) is 0 Å². The van der Waals surface area contributed by atoms with Crippen LogP contribution in [-0.2, 0) is 0 Å². The number of methoxy groups -OCH3 is 1. The zero-order valence-corrected chi connectivity index (χ0v) is 14.6. The molecule has 1 aromatic carbocycles. The Hall–Kier alpha value is -2.01. The number of ether oxygens (including phenoxy) is 1. The number of aromatic nitrogens is 2. The van der Waals surface area contributed by atoms with Gasteiger partial charge in [0.2, 0.25) is 0 Å². The van der Waals surface area contributed by atoms with E-state index in [4.69, 9.17) is 4.74 Å². The number of hydrogen-bond donors (Lipinski definition) is 2. The summed E-state index contributed by atoms with van der Waals surface area (Å²) < 4.78 is 5.19. The highest BCUT2D eigenvalue weighted by Crippen LogP contribution is 2.22. The van der Waals surface area contributed by atoms with Gasteiger partial charge in [0.1, 0.15) is 11.6 Å². The van der Waals surface area contributed by atoms with Crippen LogP contribution < -0.4 is 10.1 Å². The van der Waals surface area contributed by atoms with Crippen molar-refractivity contribution >= 4 is 5.82 Å². The molecule has 0 aliphatic carbocycles. The first-order valence-electron chi connectivity index (χ1n) is 9.01. The van der Waals surface area contributed by atoms with E-state index in [0.29, 0.717) is 0 Å². The summed E-state index contributed by atoms with van der Waals surface area (Å²) in [5, 5.41) is 10.8. The summed E-state index contributed by atoms with van der Waals surface area (Å²) in [5.41, 5.74) is 2.13. The van der Waals surface area contributed by atoms with Gasteiger partial charge in [0.25, 0.3) is 0 Å². The number of likely N-dealkylation sites (tertiary alicyclic amines) is 1. The molecule has 3 rings (SSSR count). The third kappa shape index (κ3) is 4.74. The lowest BCUT2D eigenvalue weighted by Crippen LogP contribution is -2.30. The molecule has 24 heavy (non-hydrogen) atoms. The normalized spacial score (nSPS) is 15.4. The lowest BCUT2D eigenvalue weighted by Gasteiger charge is -2.26. The van der Waals surface area contributed by atoms with E-state index in [-0.39, 0.29) is 0 Å². The highest BCUT2D eigenvalue weighted by Gasteiger charge is 2.09. The maximum Gasteiger partial charge on any atom is 0.148 e. The topological polar surface area (TPSA) is 53.2 Å². The summed E-state index contributed by atoms with van der Waals surface area (Å²) in [6.07, 6.45) is 6.59. The fraction of sp³-hybridized carbons (Fsp3) is 0.526. The minimum absolute atomic E-state index is 0.866. The van der Waals surface area contributed by atoms with Gasteiger partial charge in [-0.05, 0) is 75.1 Å². The smallest absolute Gasteiger partial charge is 0.148 e. The van der Waals surface area contributed by atoms with E-state index >= 15 is 0 Å². The molecule has 5 nitrogen and oxygen atoms in total. The van der Waals surface area contributed by atoms with Crippen LogP contribution in [0.3, 0.4) is 0 Å². The monoisotopic (exact) mass is 328 g/mol. The summed E-state index contributed by atoms with van der Waals surface area (Å²) in [6.45, 7) is 4.79. The quantitative estimate of drug-likeness (QED) is 0.725. The van der Waals surface area contributed by atoms with Gasteiger partial charge in [-0.3, -0.25) is 5.10 Å². The number of H-pyrrole nitrogens is 1. The van der Waals surface area contributed by atoms with Crippen molar-refractivity contribution in [3.8, 4) is 17.0 Å². The van der Waals surface area contributed by atoms with Gasteiger partial charge in [0.05, 0.1) is 12.8 Å². The molecule has 0 spiro atoms. The van der Waals surface area contributed by atoms with Crippen LogP contribution in [0.4, 0.5) is 5.82 Å². The van der Waals surface area contributed by atoms with Crippen molar-refractivity contribution in [1.82, 2.24) is 15.1 Å². The van der Waals surface area contributed by atoms with Crippen LogP contribution in [0.5, 0.6) is 5.75 Å². The number of anilines is 1. The largest absolute Gasteiger partial charge is 0.497 e. The Kier molecular flexibility index (Phi) is 6.13. The minimum atomic E-state index is 0.866. The molecule has 0 unspecified atom stereocenters. The molecule has 2 heterocycles. The van der Waals surface area contributed by atoms with Gasteiger partial charge >= 0.3 is 0 Å². The van der Waals surface area contributed by atoms with E-state index in [1.165, 1.54) is 51.7 Å². The molecule has 2 N–H and O–H groups in total. The van der Waals surface area contributed by atoms with Crippen molar-refractivity contribution in [2.75, 3.05) is 38.6 Å². The molecule has 0 amide bonds. The average Bonchev–Trinajstić information content (AvgIpc) is 3.11. The van der Waals surface area contributed by atoms with Gasteiger partial charge < -0.3 is 15.0 Å². The summed E-state index contributed by atoms with van der Waals surface area (Å²) in [6, 6.07) is 10.1. The zero-order chi connectivity index (χ0) is 16.6. The first-order chi connectivity index (χ1) is 11.8. The van der Waals surface area contributed by atoms with Crippen LogP contribution in [0.25, 0.3) is 11.3 Å². The van der Waals surface area contributed by atoms with E-state index < -0.39 is 0 Å². The Morgan fingerprint density at radius 1 is 1.12 bits per heavy atom. The highest BCUT2D eigenvalue weighted by molar-refractivity contribution is 5.63. The molecular weight excluding hydrogens is 300 g/mol. The second-order valence-electron chi connectivity index (χ2n) is 6.43. The maximum absolute atomic E-state index is 5.19. The molecule has 1 aromatic heterocycles. The van der Waals surface area contributed by atoms with E-state index in [2.05, 4.69) is 26.5 Å². The first-order valence-corrected chi connectivity index (χ1v) is 9.01. The van der Waals surface area contributed by atoms with Crippen molar-refractivity contribution in [3.63, 3.8) is 0 Å². The van der Waals surface area contributed by atoms with Gasteiger partial charge in [0, 0.05) is 12.6 Å². The Bertz CT molecular complexity index is 602. The second kappa shape index (κ2) is 8.73. The molecule has 1 aliphatic rings. The molecule has 130 valence electrons. The van der Waals surface area contributed by atoms with E-state index in [1.807, 2.05) is 24.3 Å². The number of nitrogens with zero attached hydrogens (tertiary/aromatic N) is 2. The van der Waals surface area contributed by atoms with Gasteiger partial charge in [-0.1, -0.05) is 6.42 Å². The van der Waals surface area contributed by atoms with Crippen molar-refractivity contribution in [2.45, 2.75) is 32.1 Å². The fourth-order valence-corrected chi connectivity index (χ4v) is 3.19. The molecule has 1 saturated heterocycles. The Labute approximate surface area is 144 Å². The summed E-state index contributed by atoms with van der Waals surface area (Å²) >= 11 is 0. The molecule has 0 saturated carbocycles. The van der Waals surface area contributed by atoms with Crippen LogP contribution >= 0.6 is 0 Å². The average molecular weight is 328 g/mol. The molecular formula is C19H28N4O. The van der Waals surface area contributed by atoms with E-state index in [9.17, 15) is 0 Å². The van der Waals surface area contributed by atoms with Gasteiger partial charge in [-0.15, -0.1) is 0 Å². The number of aromatic amines is 1. The van der Waals surface area contributed by atoms with Crippen LogP contribution in [0.15, 0.2) is 30.3 Å². The van der Waals surface area contributed by atoms with Gasteiger partial charge in [-0.2, -0.15) is 5.10 Å². The van der Waals surface area contributed by atoms with Crippen LogP contribution in [-0.4, -0.2) is 48.4 Å². The number of unbranched alkanes of at least 4 members (excludes halogenated alkanes) is 1. The molecule has 2 aromatic rings. The predicted octanol–water partition coefficient (Wildman–Crippen LogP) is 3.76. The molecule has 5 heteroatoms. The molecule has 1 fully saturated rings. The molecule has 0 atom stereocenters. The summed E-state index contributed by atoms with van der Waals surface area (Å²) in [4.78, 5) is 2.60. The second-order valence-corrected chi connectivity index (χ2v) is 6.43. The van der Waals surface area contributed by atoms with Crippen molar-refractivity contribution in [2.24, 2.45) is 0 Å².